The second kappa shape index (κ2) is 5.91. The van der Waals surface area contributed by atoms with Gasteiger partial charge < -0.3 is 5.32 Å². The van der Waals surface area contributed by atoms with Gasteiger partial charge in [0.2, 0.25) is 5.91 Å². The van der Waals surface area contributed by atoms with Crippen LogP contribution in [0.3, 0.4) is 0 Å². The third kappa shape index (κ3) is 4.04. The van der Waals surface area contributed by atoms with Crippen LogP contribution in [0.5, 0.6) is 0 Å². The Bertz CT molecular complexity index is 338. The summed E-state index contributed by atoms with van der Waals surface area (Å²) in [5.74, 6) is 0.0799. The van der Waals surface area contributed by atoms with E-state index in [0.717, 1.165) is 16.5 Å². The van der Waals surface area contributed by atoms with E-state index >= 15 is 0 Å². The summed E-state index contributed by atoms with van der Waals surface area (Å²) < 4.78 is 0.990. The highest BCUT2D eigenvalue weighted by Crippen LogP contribution is 2.16. The molecule has 2 nitrogen and oxygen atoms in total. The van der Waals surface area contributed by atoms with Gasteiger partial charge in [0.15, 0.2) is 0 Å². The molecule has 1 aromatic carbocycles. The quantitative estimate of drug-likeness (QED) is 0.895. The summed E-state index contributed by atoms with van der Waals surface area (Å²) in [4.78, 5) is 11.6. The molecule has 0 fully saturated rings. The lowest BCUT2D eigenvalue weighted by atomic mass is 10.1. The Morgan fingerprint density at radius 1 is 1.47 bits per heavy atom. The van der Waals surface area contributed by atoms with Gasteiger partial charge in [-0.1, -0.05) is 41.1 Å². The third-order valence-corrected chi connectivity index (χ3v) is 3.10. The molecule has 0 spiro atoms. The average molecular weight is 270 g/mol. The number of benzene rings is 1. The Labute approximate surface area is 99.2 Å². The van der Waals surface area contributed by atoms with E-state index in [1.807, 2.05) is 31.2 Å². The van der Waals surface area contributed by atoms with Gasteiger partial charge in [-0.25, -0.2) is 0 Å². The first-order valence-corrected chi connectivity index (χ1v) is 5.95. The summed E-state index contributed by atoms with van der Waals surface area (Å²) in [5, 5.41) is 2.95. The minimum atomic E-state index is 0.0799. The highest BCUT2D eigenvalue weighted by molar-refractivity contribution is 9.10. The molecule has 1 unspecified atom stereocenters. The number of amides is 1. The Morgan fingerprint density at radius 3 is 2.73 bits per heavy atom. The number of carbonyl (C=O) groups excluding carboxylic acids is 1. The van der Waals surface area contributed by atoms with E-state index in [1.54, 1.807) is 0 Å². The Morgan fingerprint density at radius 2 is 2.13 bits per heavy atom. The normalized spacial score (nSPS) is 12.2. The number of nitrogens with one attached hydrogen (secondary N) is 1. The molecule has 0 aliphatic carbocycles. The van der Waals surface area contributed by atoms with E-state index in [9.17, 15) is 4.79 Å². The molecule has 1 atom stereocenters. The highest BCUT2D eigenvalue weighted by Gasteiger charge is 2.08. The third-order valence-electron chi connectivity index (χ3n) is 2.33. The van der Waals surface area contributed by atoms with Crippen LogP contribution in [0, 0.1) is 0 Å². The zero-order valence-electron chi connectivity index (χ0n) is 9.09. The van der Waals surface area contributed by atoms with E-state index in [4.69, 9.17) is 0 Å². The van der Waals surface area contributed by atoms with Crippen molar-refractivity contribution in [2.24, 2.45) is 0 Å². The standard InChI is InChI=1S/C12H16BrNO/c1-3-9(2)14-12(15)8-10-6-4-5-7-11(10)13/h4-7,9H,3,8H2,1-2H3,(H,14,15). The van der Waals surface area contributed by atoms with Gasteiger partial charge in [0.05, 0.1) is 6.42 Å². The largest absolute Gasteiger partial charge is 0.353 e. The first-order valence-electron chi connectivity index (χ1n) is 5.16. The van der Waals surface area contributed by atoms with Gasteiger partial charge in [-0.05, 0) is 25.0 Å². The van der Waals surface area contributed by atoms with E-state index in [0.29, 0.717) is 6.42 Å². The second-order valence-corrected chi connectivity index (χ2v) is 4.50. The van der Waals surface area contributed by atoms with Crippen LogP contribution in [0.25, 0.3) is 0 Å². The molecule has 1 N–H and O–H groups in total. The molecule has 1 aromatic rings. The van der Waals surface area contributed by atoms with Crippen molar-refractivity contribution in [2.45, 2.75) is 32.7 Å². The van der Waals surface area contributed by atoms with Crippen LogP contribution >= 0.6 is 15.9 Å². The number of halogens is 1. The maximum atomic E-state index is 11.6. The van der Waals surface area contributed by atoms with E-state index in [2.05, 4.69) is 28.2 Å². The molecule has 1 amide bonds. The van der Waals surface area contributed by atoms with Crippen LogP contribution in [0.1, 0.15) is 25.8 Å². The number of hydrogen-bond acceptors (Lipinski definition) is 1. The minimum Gasteiger partial charge on any atom is -0.353 e. The Hall–Kier alpha value is -0.830. The predicted octanol–water partition coefficient (Wildman–Crippen LogP) is 2.91. The fourth-order valence-electron chi connectivity index (χ4n) is 1.24. The summed E-state index contributed by atoms with van der Waals surface area (Å²) in [5.41, 5.74) is 1.03. The van der Waals surface area contributed by atoms with E-state index in [-0.39, 0.29) is 11.9 Å². The highest BCUT2D eigenvalue weighted by atomic mass is 79.9. The van der Waals surface area contributed by atoms with E-state index in [1.165, 1.54) is 0 Å². The number of carbonyl (C=O) groups is 1. The maximum Gasteiger partial charge on any atom is 0.224 e. The van der Waals surface area contributed by atoms with Gasteiger partial charge in [0.1, 0.15) is 0 Å². The van der Waals surface area contributed by atoms with Crippen molar-refractivity contribution >= 4 is 21.8 Å². The Balaban J connectivity index is 2.55. The minimum absolute atomic E-state index is 0.0799. The van der Waals surface area contributed by atoms with Crippen LogP contribution in [0.2, 0.25) is 0 Å². The molecular formula is C12H16BrNO. The summed E-state index contributed by atoms with van der Waals surface area (Å²) >= 11 is 3.43. The first-order chi connectivity index (χ1) is 7.13. The maximum absolute atomic E-state index is 11.6. The predicted molar refractivity (Wildman–Crippen MR) is 65.7 cm³/mol. The van der Waals surface area contributed by atoms with Crippen LogP contribution in [-0.2, 0) is 11.2 Å². The van der Waals surface area contributed by atoms with Gasteiger partial charge >= 0.3 is 0 Å². The molecule has 0 aliphatic rings. The van der Waals surface area contributed by atoms with Gasteiger partial charge in [0, 0.05) is 10.5 Å². The molecule has 1 rings (SSSR count). The van der Waals surface area contributed by atoms with Crippen LogP contribution in [0.15, 0.2) is 28.7 Å². The average Bonchev–Trinajstić information content (AvgIpc) is 2.21. The van der Waals surface area contributed by atoms with Gasteiger partial charge in [-0.3, -0.25) is 4.79 Å². The van der Waals surface area contributed by atoms with E-state index < -0.39 is 0 Å². The number of rotatable bonds is 4. The molecular weight excluding hydrogens is 254 g/mol. The molecule has 0 aliphatic heterocycles. The molecule has 0 aromatic heterocycles. The van der Waals surface area contributed by atoms with Crippen molar-refractivity contribution in [2.75, 3.05) is 0 Å². The molecule has 82 valence electrons. The van der Waals surface area contributed by atoms with Crippen molar-refractivity contribution in [1.29, 1.82) is 0 Å². The van der Waals surface area contributed by atoms with Gasteiger partial charge in [-0.15, -0.1) is 0 Å². The van der Waals surface area contributed by atoms with Crippen LogP contribution in [-0.4, -0.2) is 11.9 Å². The van der Waals surface area contributed by atoms with Crippen molar-refractivity contribution in [3.63, 3.8) is 0 Å². The number of hydrogen-bond donors (Lipinski definition) is 1. The molecule has 0 heterocycles. The topological polar surface area (TPSA) is 29.1 Å². The lowest BCUT2D eigenvalue weighted by Crippen LogP contribution is -2.33. The monoisotopic (exact) mass is 269 g/mol. The van der Waals surface area contributed by atoms with Crippen molar-refractivity contribution < 1.29 is 4.79 Å². The molecule has 0 saturated carbocycles. The summed E-state index contributed by atoms with van der Waals surface area (Å²) in [6.07, 6.45) is 1.40. The molecule has 15 heavy (non-hydrogen) atoms. The zero-order chi connectivity index (χ0) is 11.3. The van der Waals surface area contributed by atoms with Crippen molar-refractivity contribution in [1.82, 2.24) is 5.32 Å². The van der Waals surface area contributed by atoms with Gasteiger partial charge in [0.25, 0.3) is 0 Å². The fourth-order valence-corrected chi connectivity index (χ4v) is 1.67. The van der Waals surface area contributed by atoms with Crippen LogP contribution < -0.4 is 5.32 Å². The summed E-state index contributed by atoms with van der Waals surface area (Å²) in [6, 6.07) is 8.04. The second-order valence-electron chi connectivity index (χ2n) is 3.64. The molecule has 0 bridgehead atoms. The first kappa shape index (κ1) is 12.2. The summed E-state index contributed by atoms with van der Waals surface area (Å²) in [7, 11) is 0. The SMILES string of the molecule is CCC(C)NC(=O)Cc1ccccc1Br. The van der Waals surface area contributed by atoms with Crippen molar-refractivity contribution in [3.8, 4) is 0 Å². The van der Waals surface area contributed by atoms with Crippen molar-refractivity contribution in [3.05, 3.63) is 34.3 Å². The molecule has 0 radical (unpaired) electrons. The molecule has 0 saturated heterocycles. The lowest BCUT2D eigenvalue weighted by Gasteiger charge is -2.11. The summed E-state index contributed by atoms with van der Waals surface area (Å²) in [6.45, 7) is 4.07. The zero-order valence-corrected chi connectivity index (χ0v) is 10.7. The molecule has 3 heteroatoms. The van der Waals surface area contributed by atoms with Crippen LogP contribution in [0.4, 0.5) is 0 Å². The Kier molecular flexibility index (Phi) is 4.82. The lowest BCUT2D eigenvalue weighted by molar-refractivity contribution is -0.121. The van der Waals surface area contributed by atoms with Gasteiger partial charge in [-0.2, -0.15) is 0 Å². The smallest absolute Gasteiger partial charge is 0.224 e. The fraction of sp³-hybridized carbons (Fsp3) is 0.417.